The van der Waals surface area contributed by atoms with Crippen molar-refractivity contribution in [2.45, 2.75) is 11.4 Å². The SMILES string of the molecule is CN(C)CCNC(=O)c1ccc2c(c1)N(Cc1ccccc1)C(=O)CS2. The molecular weight excluding hydrogens is 346 g/mol. The Bertz CT molecular complexity index is 793. The van der Waals surface area contributed by atoms with Gasteiger partial charge in [0.25, 0.3) is 5.91 Å². The lowest BCUT2D eigenvalue weighted by atomic mass is 10.1. The molecular formula is C20H23N3O2S. The highest BCUT2D eigenvalue weighted by Gasteiger charge is 2.25. The highest BCUT2D eigenvalue weighted by Crippen LogP contribution is 2.36. The third-order valence-electron chi connectivity index (χ3n) is 4.19. The van der Waals surface area contributed by atoms with Gasteiger partial charge in [-0.2, -0.15) is 0 Å². The van der Waals surface area contributed by atoms with Crippen molar-refractivity contribution >= 4 is 29.3 Å². The third-order valence-corrected chi connectivity index (χ3v) is 5.24. The zero-order chi connectivity index (χ0) is 18.5. The molecule has 1 heterocycles. The van der Waals surface area contributed by atoms with E-state index in [1.165, 1.54) is 11.8 Å². The molecule has 0 aromatic heterocycles. The summed E-state index contributed by atoms with van der Waals surface area (Å²) in [5, 5.41) is 2.92. The highest BCUT2D eigenvalue weighted by atomic mass is 32.2. The zero-order valence-corrected chi connectivity index (χ0v) is 15.9. The number of thioether (sulfide) groups is 1. The van der Waals surface area contributed by atoms with E-state index in [0.29, 0.717) is 24.4 Å². The van der Waals surface area contributed by atoms with E-state index in [4.69, 9.17) is 0 Å². The molecule has 0 unspecified atom stereocenters. The smallest absolute Gasteiger partial charge is 0.251 e. The zero-order valence-electron chi connectivity index (χ0n) is 15.1. The van der Waals surface area contributed by atoms with Crippen molar-refractivity contribution in [1.29, 1.82) is 0 Å². The fourth-order valence-electron chi connectivity index (χ4n) is 2.78. The van der Waals surface area contributed by atoms with Crippen molar-refractivity contribution < 1.29 is 9.59 Å². The lowest BCUT2D eigenvalue weighted by Gasteiger charge is -2.29. The number of likely N-dealkylation sites (N-methyl/N-ethyl adjacent to an activating group) is 1. The van der Waals surface area contributed by atoms with Crippen LogP contribution in [0.25, 0.3) is 0 Å². The number of carbonyl (C=O) groups excluding carboxylic acids is 2. The van der Waals surface area contributed by atoms with Gasteiger partial charge in [0.05, 0.1) is 18.0 Å². The van der Waals surface area contributed by atoms with Gasteiger partial charge in [-0.1, -0.05) is 30.3 Å². The molecule has 2 amide bonds. The summed E-state index contributed by atoms with van der Waals surface area (Å²) in [6.45, 7) is 1.88. The van der Waals surface area contributed by atoms with Crippen LogP contribution in [0.1, 0.15) is 15.9 Å². The first kappa shape index (κ1) is 18.5. The lowest BCUT2D eigenvalue weighted by Crippen LogP contribution is -2.35. The number of nitrogens with one attached hydrogen (secondary N) is 1. The van der Waals surface area contributed by atoms with Gasteiger partial charge in [-0.25, -0.2) is 0 Å². The molecule has 136 valence electrons. The summed E-state index contributed by atoms with van der Waals surface area (Å²) in [6, 6.07) is 15.5. The molecule has 0 fully saturated rings. The lowest BCUT2D eigenvalue weighted by molar-refractivity contribution is -0.116. The maximum atomic E-state index is 12.5. The van der Waals surface area contributed by atoms with Gasteiger partial charge in [0.15, 0.2) is 0 Å². The molecule has 0 bridgehead atoms. The first-order valence-electron chi connectivity index (χ1n) is 8.58. The fourth-order valence-corrected chi connectivity index (χ4v) is 3.69. The minimum Gasteiger partial charge on any atom is -0.351 e. The average Bonchev–Trinajstić information content (AvgIpc) is 2.64. The Labute approximate surface area is 158 Å². The number of hydrogen-bond acceptors (Lipinski definition) is 4. The van der Waals surface area contributed by atoms with E-state index >= 15 is 0 Å². The Hall–Kier alpha value is -2.31. The Morgan fingerprint density at radius 3 is 2.69 bits per heavy atom. The number of carbonyl (C=O) groups is 2. The van der Waals surface area contributed by atoms with Gasteiger partial charge in [-0.3, -0.25) is 9.59 Å². The van der Waals surface area contributed by atoms with Crippen LogP contribution in [0.2, 0.25) is 0 Å². The summed E-state index contributed by atoms with van der Waals surface area (Å²) >= 11 is 1.52. The third kappa shape index (κ3) is 4.45. The number of hydrogen-bond donors (Lipinski definition) is 1. The number of amides is 2. The van der Waals surface area contributed by atoms with Crippen molar-refractivity contribution in [3.8, 4) is 0 Å². The number of rotatable bonds is 6. The Morgan fingerprint density at radius 2 is 1.96 bits per heavy atom. The molecule has 5 nitrogen and oxygen atoms in total. The predicted octanol–water partition coefficient (Wildman–Crippen LogP) is 2.62. The normalized spacial score (nSPS) is 13.7. The maximum Gasteiger partial charge on any atom is 0.251 e. The van der Waals surface area contributed by atoms with Gasteiger partial charge in [0.2, 0.25) is 5.91 Å². The van der Waals surface area contributed by atoms with Crippen LogP contribution in [0.15, 0.2) is 53.4 Å². The Balaban J connectivity index is 1.81. The van der Waals surface area contributed by atoms with Crippen LogP contribution in [0.4, 0.5) is 5.69 Å². The molecule has 1 N–H and O–H groups in total. The summed E-state index contributed by atoms with van der Waals surface area (Å²) in [6.07, 6.45) is 0. The van der Waals surface area contributed by atoms with Gasteiger partial charge >= 0.3 is 0 Å². The van der Waals surface area contributed by atoms with E-state index in [2.05, 4.69) is 5.32 Å². The first-order chi connectivity index (χ1) is 12.5. The maximum absolute atomic E-state index is 12.5. The van der Waals surface area contributed by atoms with Crippen molar-refractivity contribution in [2.75, 3.05) is 37.8 Å². The summed E-state index contributed by atoms with van der Waals surface area (Å²) in [7, 11) is 3.94. The monoisotopic (exact) mass is 369 g/mol. The molecule has 1 aliphatic heterocycles. The van der Waals surface area contributed by atoms with Crippen molar-refractivity contribution in [2.24, 2.45) is 0 Å². The number of anilines is 1. The predicted molar refractivity (Wildman–Crippen MR) is 106 cm³/mol. The molecule has 26 heavy (non-hydrogen) atoms. The minimum absolute atomic E-state index is 0.0662. The van der Waals surface area contributed by atoms with Crippen LogP contribution in [0, 0.1) is 0 Å². The molecule has 1 aliphatic rings. The molecule has 6 heteroatoms. The van der Waals surface area contributed by atoms with E-state index in [0.717, 1.165) is 22.7 Å². The molecule has 0 spiro atoms. The second kappa shape index (κ2) is 8.38. The van der Waals surface area contributed by atoms with Gasteiger partial charge < -0.3 is 15.1 Å². The molecule has 0 aliphatic carbocycles. The van der Waals surface area contributed by atoms with Crippen LogP contribution in [0.5, 0.6) is 0 Å². The minimum atomic E-state index is -0.114. The van der Waals surface area contributed by atoms with Crippen molar-refractivity contribution in [3.05, 3.63) is 59.7 Å². The molecule has 2 aromatic carbocycles. The van der Waals surface area contributed by atoms with E-state index in [1.54, 1.807) is 4.90 Å². The number of benzene rings is 2. The molecule has 0 atom stereocenters. The van der Waals surface area contributed by atoms with Gasteiger partial charge in [0, 0.05) is 23.5 Å². The average molecular weight is 369 g/mol. The van der Waals surface area contributed by atoms with E-state index in [1.807, 2.05) is 67.5 Å². The summed E-state index contributed by atoms with van der Waals surface area (Å²) < 4.78 is 0. The first-order valence-corrected chi connectivity index (χ1v) is 9.57. The standard InChI is InChI=1S/C20H23N3O2S/c1-22(2)11-10-21-20(25)16-8-9-18-17(12-16)23(19(24)14-26-18)13-15-6-4-3-5-7-15/h3-9,12H,10-11,13-14H2,1-2H3,(H,21,25). The van der Waals surface area contributed by atoms with Crippen LogP contribution in [-0.2, 0) is 11.3 Å². The Morgan fingerprint density at radius 1 is 1.19 bits per heavy atom. The second-order valence-electron chi connectivity index (χ2n) is 6.50. The summed E-state index contributed by atoms with van der Waals surface area (Å²) in [5.74, 6) is 0.377. The molecule has 0 saturated heterocycles. The topological polar surface area (TPSA) is 52.7 Å². The van der Waals surface area contributed by atoms with Crippen molar-refractivity contribution in [1.82, 2.24) is 10.2 Å². The van der Waals surface area contributed by atoms with Gasteiger partial charge in [-0.15, -0.1) is 11.8 Å². The van der Waals surface area contributed by atoms with E-state index < -0.39 is 0 Å². The summed E-state index contributed by atoms with van der Waals surface area (Å²) in [4.78, 5) is 29.7. The van der Waals surface area contributed by atoms with Gasteiger partial charge in [0.1, 0.15) is 0 Å². The highest BCUT2D eigenvalue weighted by molar-refractivity contribution is 8.00. The molecule has 2 aromatic rings. The molecule has 3 rings (SSSR count). The molecule has 0 radical (unpaired) electrons. The molecule has 0 saturated carbocycles. The number of nitrogens with zero attached hydrogens (tertiary/aromatic N) is 2. The Kier molecular flexibility index (Phi) is 5.96. The van der Waals surface area contributed by atoms with Crippen LogP contribution >= 0.6 is 11.8 Å². The van der Waals surface area contributed by atoms with Crippen molar-refractivity contribution in [3.63, 3.8) is 0 Å². The number of fused-ring (bicyclic) bond motifs is 1. The van der Waals surface area contributed by atoms with E-state index in [9.17, 15) is 9.59 Å². The van der Waals surface area contributed by atoms with Crippen LogP contribution in [-0.4, -0.2) is 49.7 Å². The quantitative estimate of drug-likeness (QED) is 0.850. The van der Waals surface area contributed by atoms with E-state index in [-0.39, 0.29) is 11.8 Å². The van der Waals surface area contributed by atoms with Crippen LogP contribution in [0.3, 0.4) is 0 Å². The fraction of sp³-hybridized carbons (Fsp3) is 0.300. The largest absolute Gasteiger partial charge is 0.351 e. The van der Waals surface area contributed by atoms with Gasteiger partial charge in [-0.05, 0) is 37.9 Å². The van der Waals surface area contributed by atoms with Crippen LogP contribution < -0.4 is 10.2 Å². The second-order valence-corrected chi connectivity index (χ2v) is 7.51. The summed E-state index contributed by atoms with van der Waals surface area (Å²) in [5.41, 5.74) is 2.46.